The van der Waals surface area contributed by atoms with Crippen molar-refractivity contribution in [3.8, 4) is 11.5 Å². The Bertz CT molecular complexity index is 342. The van der Waals surface area contributed by atoms with E-state index in [-0.39, 0.29) is 5.75 Å². The molecule has 78 valence electrons. The minimum atomic E-state index is -1.16. The molecular formula is C10H13FO3. The van der Waals surface area contributed by atoms with Gasteiger partial charge in [0.05, 0.1) is 12.7 Å². The summed E-state index contributed by atoms with van der Waals surface area (Å²) >= 11 is 0. The molecule has 0 amide bonds. The second-order valence-corrected chi connectivity index (χ2v) is 3.57. The Morgan fingerprint density at radius 3 is 2.36 bits per heavy atom. The first kappa shape index (κ1) is 10.8. The van der Waals surface area contributed by atoms with Crippen LogP contribution in [0, 0.1) is 5.82 Å². The van der Waals surface area contributed by atoms with Gasteiger partial charge in [-0.15, -0.1) is 0 Å². The molecule has 0 aliphatic rings. The molecule has 1 aromatic rings. The number of aromatic hydroxyl groups is 1. The fraction of sp³-hybridized carbons (Fsp3) is 0.400. The normalized spacial score (nSPS) is 11.5. The highest BCUT2D eigenvalue weighted by Crippen LogP contribution is 2.33. The summed E-state index contributed by atoms with van der Waals surface area (Å²) in [4.78, 5) is 0. The van der Waals surface area contributed by atoms with Crippen molar-refractivity contribution in [2.75, 3.05) is 7.11 Å². The van der Waals surface area contributed by atoms with Crippen LogP contribution < -0.4 is 4.74 Å². The van der Waals surface area contributed by atoms with Gasteiger partial charge in [-0.1, -0.05) is 0 Å². The number of phenols is 1. The van der Waals surface area contributed by atoms with Gasteiger partial charge in [0.2, 0.25) is 0 Å². The fourth-order valence-corrected chi connectivity index (χ4v) is 1.08. The van der Waals surface area contributed by atoms with Crippen LogP contribution in [0.4, 0.5) is 4.39 Å². The predicted octanol–water partition coefficient (Wildman–Crippen LogP) is 1.77. The number of halogens is 1. The molecule has 2 N–H and O–H groups in total. The molecule has 1 aromatic carbocycles. The molecule has 0 saturated heterocycles. The second-order valence-electron chi connectivity index (χ2n) is 3.57. The summed E-state index contributed by atoms with van der Waals surface area (Å²) in [5, 5.41) is 18.8. The molecule has 0 aromatic heterocycles. The molecule has 3 nitrogen and oxygen atoms in total. The third kappa shape index (κ3) is 1.96. The molecule has 0 saturated carbocycles. The average molecular weight is 200 g/mol. The van der Waals surface area contributed by atoms with Gasteiger partial charge >= 0.3 is 0 Å². The summed E-state index contributed by atoms with van der Waals surface area (Å²) in [5.41, 5.74) is -0.813. The van der Waals surface area contributed by atoms with Crippen LogP contribution >= 0.6 is 0 Å². The summed E-state index contributed by atoms with van der Waals surface area (Å²) in [6.07, 6.45) is 0. The lowest BCUT2D eigenvalue weighted by Gasteiger charge is -2.19. The Balaban J connectivity index is 3.30. The van der Waals surface area contributed by atoms with Crippen molar-refractivity contribution >= 4 is 0 Å². The van der Waals surface area contributed by atoms with Gasteiger partial charge in [-0.05, 0) is 31.5 Å². The SMILES string of the molecule is COc1cc(C(C)(C)O)cc(F)c1O. The zero-order chi connectivity index (χ0) is 10.9. The molecule has 0 heterocycles. The molecule has 0 aliphatic carbocycles. The van der Waals surface area contributed by atoms with Gasteiger partial charge in [0.1, 0.15) is 0 Å². The second kappa shape index (κ2) is 3.46. The number of benzene rings is 1. The fourth-order valence-electron chi connectivity index (χ4n) is 1.08. The Labute approximate surface area is 81.8 Å². The highest BCUT2D eigenvalue weighted by molar-refractivity contribution is 5.44. The van der Waals surface area contributed by atoms with E-state index in [1.807, 2.05) is 0 Å². The van der Waals surface area contributed by atoms with E-state index in [9.17, 15) is 14.6 Å². The van der Waals surface area contributed by atoms with Gasteiger partial charge in [0.15, 0.2) is 17.3 Å². The lowest BCUT2D eigenvalue weighted by molar-refractivity contribution is 0.0778. The van der Waals surface area contributed by atoms with Crippen LogP contribution in [0.3, 0.4) is 0 Å². The molecule has 0 fully saturated rings. The number of methoxy groups -OCH3 is 1. The zero-order valence-electron chi connectivity index (χ0n) is 8.34. The van der Waals surface area contributed by atoms with Crippen LogP contribution in [0.25, 0.3) is 0 Å². The van der Waals surface area contributed by atoms with Crippen LogP contribution in [0.5, 0.6) is 11.5 Å². The van der Waals surface area contributed by atoms with Gasteiger partial charge in [0.25, 0.3) is 0 Å². The van der Waals surface area contributed by atoms with Crippen molar-refractivity contribution < 1.29 is 19.3 Å². The van der Waals surface area contributed by atoms with E-state index in [1.54, 1.807) is 0 Å². The maximum absolute atomic E-state index is 13.1. The molecule has 14 heavy (non-hydrogen) atoms. The van der Waals surface area contributed by atoms with Crippen molar-refractivity contribution in [1.29, 1.82) is 0 Å². The molecule has 1 rings (SSSR count). The van der Waals surface area contributed by atoms with Gasteiger partial charge < -0.3 is 14.9 Å². The molecule has 0 aliphatic heterocycles. The van der Waals surface area contributed by atoms with Crippen LogP contribution in [-0.4, -0.2) is 17.3 Å². The number of hydrogen-bond acceptors (Lipinski definition) is 3. The van der Waals surface area contributed by atoms with E-state index < -0.39 is 17.2 Å². The standard InChI is InChI=1S/C10H13FO3/c1-10(2,13)6-4-7(11)9(12)8(5-6)14-3/h4-5,12-13H,1-3H3. The quantitative estimate of drug-likeness (QED) is 0.764. The Kier molecular flexibility index (Phi) is 2.66. The smallest absolute Gasteiger partial charge is 0.194 e. The number of phenolic OH excluding ortho intramolecular Hbond substituents is 1. The molecule has 0 unspecified atom stereocenters. The Morgan fingerprint density at radius 1 is 1.36 bits per heavy atom. The summed E-state index contributed by atoms with van der Waals surface area (Å²) in [7, 11) is 1.32. The molecule has 0 spiro atoms. The van der Waals surface area contributed by atoms with Crippen molar-refractivity contribution in [1.82, 2.24) is 0 Å². The van der Waals surface area contributed by atoms with Gasteiger partial charge in [0, 0.05) is 0 Å². The summed E-state index contributed by atoms with van der Waals surface area (Å²) in [6, 6.07) is 2.48. The minimum Gasteiger partial charge on any atom is -0.502 e. The maximum Gasteiger partial charge on any atom is 0.194 e. The zero-order valence-corrected chi connectivity index (χ0v) is 8.34. The number of ether oxygens (including phenoxy) is 1. The highest BCUT2D eigenvalue weighted by atomic mass is 19.1. The van der Waals surface area contributed by atoms with Crippen LogP contribution in [0.1, 0.15) is 19.4 Å². The number of hydrogen-bond donors (Lipinski definition) is 2. The monoisotopic (exact) mass is 200 g/mol. The topological polar surface area (TPSA) is 49.7 Å². The van der Waals surface area contributed by atoms with Gasteiger partial charge in [-0.25, -0.2) is 4.39 Å². The van der Waals surface area contributed by atoms with Crippen LogP contribution in [0.15, 0.2) is 12.1 Å². The van der Waals surface area contributed by atoms with Gasteiger partial charge in [-0.3, -0.25) is 0 Å². The number of aliphatic hydroxyl groups is 1. The first-order valence-corrected chi connectivity index (χ1v) is 4.15. The molecule has 0 radical (unpaired) electrons. The lowest BCUT2D eigenvalue weighted by Crippen LogP contribution is -2.15. The van der Waals surface area contributed by atoms with E-state index >= 15 is 0 Å². The predicted molar refractivity (Wildman–Crippen MR) is 49.9 cm³/mol. The molecule has 0 atom stereocenters. The average Bonchev–Trinajstić information content (AvgIpc) is 2.07. The lowest BCUT2D eigenvalue weighted by atomic mass is 9.98. The summed E-state index contributed by atoms with van der Waals surface area (Å²) in [6.45, 7) is 3.05. The van der Waals surface area contributed by atoms with Crippen molar-refractivity contribution in [2.24, 2.45) is 0 Å². The largest absolute Gasteiger partial charge is 0.502 e. The van der Waals surface area contributed by atoms with E-state index in [1.165, 1.54) is 27.0 Å². The van der Waals surface area contributed by atoms with Crippen LogP contribution in [-0.2, 0) is 5.60 Å². The molecule has 0 bridgehead atoms. The van der Waals surface area contributed by atoms with Crippen LogP contribution in [0.2, 0.25) is 0 Å². The minimum absolute atomic E-state index is 0.0159. The Hall–Kier alpha value is -1.29. The van der Waals surface area contributed by atoms with E-state index in [0.29, 0.717) is 5.56 Å². The molecular weight excluding hydrogens is 187 g/mol. The maximum atomic E-state index is 13.1. The molecule has 4 heteroatoms. The van der Waals surface area contributed by atoms with E-state index in [2.05, 4.69) is 0 Å². The van der Waals surface area contributed by atoms with E-state index in [4.69, 9.17) is 4.74 Å². The van der Waals surface area contributed by atoms with Crippen molar-refractivity contribution in [3.05, 3.63) is 23.5 Å². The van der Waals surface area contributed by atoms with Crippen molar-refractivity contribution in [2.45, 2.75) is 19.4 Å². The highest BCUT2D eigenvalue weighted by Gasteiger charge is 2.20. The first-order chi connectivity index (χ1) is 6.36. The number of rotatable bonds is 2. The van der Waals surface area contributed by atoms with Gasteiger partial charge in [-0.2, -0.15) is 0 Å². The first-order valence-electron chi connectivity index (χ1n) is 4.15. The Morgan fingerprint density at radius 2 is 1.93 bits per heavy atom. The third-order valence-electron chi connectivity index (χ3n) is 1.95. The van der Waals surface area contributed by atoms with E-state index in [0.717, 1.165) is 6.07 Å². The summed E-state index contributed by atoms with van der Waals surface area (Å²) in [5.74, 6) is -1.33. The van der Waals surface area contributed by atoms with Crippen molar-refractivity contribution in [3.63, 3.8) is 0 Å². The third-order valence-corrected chi connectivity index (χ3v) is 1.95. The summed E-state index contributed by atoms with van der Waals surface area (Å²) < 4.78 is 17.9.